The Morgan fingerprint density at radius 3 is 2.64 bits per heavy atom. The van der Waals surface area contributed by atoms with Gasteiger partial charge in [-0.15, -0.1) is 11.3 Å². The third-order valence-corrected chi connectivity index (χ3v) is 4.30. The average molecular weight is 318 g/mol. The first-order chi connectivity index (χ1) is 10.6. The van der Waals surface area contributed by atoms with Gasteiger partial charge in [-0.05, 0) is 37.6 Å². The Balaban J connectivity index is 2.05. The summed E-state index contributed by atoms with van der Waals surface area (Å²) >= 11 is 1.51. The van der Waals surface area contributed by atoms with E-state index < -0.39 is 0 Å². The summed E-state index contributed by atoms with van der Waals surface area (Å²) in [6.45, 7) is 4.15. The third kappa shape index (κ3) is 4.31. The van der Waals surface area contributed by atoms with Gasteiger partial charge in [-0.25, -0.2) is 4.98 Å². The topological polar surface area (TPSA) is 51.2 Å². The highest BCUT2D eigenvalue weighted by molar-refractivity contribution is 7.16. The Labute approximate surface area is 135 Å². The third-order valence-electron chi connectivity index (χ3n) is 3.41. The summed E-state index contributed by atoms with van der Waals surface area (Å²) in [5.41, 5.74) is 1.94. The van der Waals surface area contributed by atoms with Crippen LogP contribution in [-0.4, -0.2) is 18.0 Å². The minimum absolute atomic E-state index is 0.0449. The lowest BCUT2D eigenvalue weighted by molar-refractivity contribution is -0.116. The molecular formula is C17H22N2O2S. The lowest BCUT2D eigenvalue weighted by atomic mass is 10.1. The molecular weight excluding hydrogens is 296 g/mol. The highest BCUT2D eigenvalue weighted by Crippen LogP contribution is 2.31. The van der Waals surface area contributed by atoms with Gasteiger partial charge < -0.3 is 10.1 Å². The second-order valence-electron chi connectivity index (χ2n) is 5.16. The number of carbonyl (C=O) groups is 1. The van der Waals surface area contributed by atoms with Gasteiger partial charge in [-0.2, -0.15) is 0 Å². The molecule has 1 aromatic heterocycles. The number of methoxy groups -OCH3 is 1. The number of unbranched alkanes of at least 4 members (excludes halogenated alkanes) is 2. The minimum Gasteiger partial charge on any atom is -0.497 e. The number of nitrogens with one attached hydrogen (secondary N) is 1. The fourth-order valence-corrected chi connectivity index (χ4v) is 3.04. The quantitative estimate of drug-likeness (QED) is 0.756. The van der Waals surface area contributed by atoms with E-state index in [9.17, 15) is 4.79 Å². The molecule has 5 heteroatoms. The molecule has 1 N–H and O–H groups in total. The van der Waals surface area contributed by atoms with E-state index in [-0.39, 0.29) is 5.91 Å². The van der Waals surface area contributed by atoms with Crippen LogP contribution in [0.2, 0.25) is 0 Å². The number of nitrogens with zero attached hydrogens (tertiary/aromatic N) is 1. The Morgan fingerprint density at radius 1 is 1.27 bits per heavy atom. The Kier molecular flexibility index (Phi) is 5.95. The lowest BCUT2D eigenvalue weighted by Crippen LogP contribution is -2.10. The van der Waals surface area contributed by atoms with E-state index in [1.54, 1.807) is 7.11 Å². The molecule has 1 amide bonds. The van der Waals surface area contributed by atoms with Crippen molar-refractivity contribution < 1.29 is 9.53 Å². The first-order valence-electron chi connectivity index (χ1n) is 7.55. The fourth-order valence-electron chi connectivity index (χ4n) is 2.18. The summed E-state index contributed by atoms with van der Waals surface area (Å²) < 4.78 is 5.17. The minimum atomic E-state index is 0.0449. The smallest absolute Gasteiger partial charge is 0.226 e. The van der Waals surface area contributed by atoms with Crippen LogP contribution in [0.15, 0.2) is 24.3 Å². The largest absolute Gasteiger partial charge is 0.497 e. The number of thiazole rings is 1. The SMILES string of the molecule is CCCCCC(=O)Nc1nc(-c2ccc(OC)cc2)c(C)s1. The highest BCUT2D eigenvalue weighted by Gasteiger charge is 2.12. The van der Waals surface area contributed by atoms with E-state index in [1.165, 1.54) is 11.3 Å². The van der Waals surface area contributed by atoms with Gasteiger partial charge in [0.1, 0.15) is 5.75 Å². The number of ether oxygens (including phenoxy) is 1. The van der Waals surface area contributed by atoms with Gasteiger partial charge in [0.2, 0.25) is 5.91 Å². The van der Waals surface area contributed by atoms with Gasteiger partial charge in [-0.3, -0.25) is 4.79 Å². The molecule has 0 aliphatic carbocycles. The maximum Gasteiger partial charge on any atom is 0.226 e. The van der Waals surface area contributed by atoms with Crippen LogP contribution in [0.1, 0.15) is 37.5 Å². The van der Waals surface area contributed by atoms with Gasteiger partial charge in [0.05, 0.1) is 12.8 Å². The van der Waals surface area contributed by atoms with Crippen molar-refractivity contribution in [2.45, 2.75) is 39.5 Å². The maximum atomic E-state index is 11.9. The summed E-state index contributed by atoms with van der Waals surface area (Å²) in [6, 6.07) is 7.79. The molecule has 1 heterocycles. The molecule has 0 fully saturated rings. The molecule has 0 radical (unpaired) electrons. The molecule has 2 rings (SSSR count). The number of aromatic nitrogens is 1. The molecule has 0 spiro atoms. The zero-order valence-corrected chi connectivity index (χ0v) is 14.1. The Bertz CT molecular complexity index is 620. The predicted molar refractivity (Wildman–Crippen MR) is 91.6 cm³/mol. The van der Waals surface area contributed by atoms with E-state index >= 15 is 0 Å². The Hall–Kier alpha value is -1.88. The van der Waals surface area contributed by atoms with Crippen LogP contribution in [0.4, 0.5) is 5.13 Å². The van der Waals surface area contributed by atoms with Crippen LogP contribution in [0.3, 0.4) is 0 Å². The molecule has 0 saturated heterocycles. The van der Waals surface area contributed by atoms with Crippen LogP contribution in [0, 0.1) is 6.92 Å². The van der Waals surface area contributed by atoms with Crippen molar-refractivity contribution in [1.82, 2.24) is 4.98 Å². The van der Waals surface area contributed by atoms with E-state index in [0.717, 1.165) is 41.1 Å². The summed E-state index contributed by atoms with van der Waals surface area (Å²) in [6.07, 6.45) is 3.69. The number of anilines is 1. The summed E-state index contributed by atoms with van der Waals surface area (Å²) in [7, 11) is 1.65. The zero-order valence-electron chi connectivity index (χ0n) is 13.3. The van der Waals surface area contributed by atoms with Crippen molar-refractivity contribution in [1.29, 1.82) is 0 Å². The monoisotopic (exact) mass is 318 g/mol. The molecule has 0 aliphatic heterocycles. The number of rotatable bonds is 7. The van der Waals surface area contributed by atoms with Crippen LogP contribution >= 0.6 is 11.3 Å². The van der Waals surface area contributed by atoms with Crippen molar-refractivity contribution in [3.63, 3.8) is 0 Å². The number of hydrogen-bond acceptors (Lipinski definition) is 4. The van der Waals surface area contributed by atoms with Crippen molar-refractivity contribution >= 4 is 22.4 Å². The first kappa shape index (κ1) is 16.5. The van der Waals surface area contributed by atoms with Crippen LogP contribution in [0.5, 0.6) is 5.75 Å². The van der Waals surface area contributed by atoms with Gasteiger partial charge in [0.25, 0.3) is 0 Å². The van der Waals surface area contributed by atoms with Crippen molar-refractivity contribution in [3.05, 3.63) is 29.1 Å². The highest BCUT2D eigenvalue weighted by atomic mass is 32.1. The summed E-state index contributed by atoms with van der Waals surface area (Å²) in [4.78, 5) is 17.5. The molecule has 22 heavy (non-hydrogen) atoms. The van der Waals surface area contributed by atoms with Gasteiger partial charge in [-0.1, -0.05) is 19.8 Å². The second kappa shape index (κ2) is 7.94. The van der Waals surface area contributed by atoms with Crippen molar-refractivity contribution in [2.75, 3.05) is 12.4 Å². The number of benzene rings is 1. The van der Waals surface area contributed by atoms with Crippen LogP contribution < -0.4 is 10.1 Å². The molecule has 0 saturated carbocycles. The standard InChI is InChI=1S/C17H22N2O2S/c1-4-5-6-7-15(20)18-17-19-16(12(2)22-17)13-8-10-14(21-3)11-9-13/h8-11H,4-7H2,1-3H3,(H,18,19,20). The maximum absolute atomic E-state index is 11.9. The number of amides is 1. The van der Waals surface area contributed by atoms with Crippen LogP contribution in [0.25, 0.3) is 11.3 Å². The normalized spacial score (nSPS) is 10.5. The lowest BCUT2D eigenvalue weighted by Gasteiger charge is -2.02. The van der Waals surface area contributed by atoms with Crippen LogP contribution in [-0.2, 0) is 4.79 Å². The molecule has 0 aliphatic rings. The van der Waals surface area contributed by atoms with E-state index in [0.29, 0.717) is 11.6 Å². The van der Waals surface area contributed by atoms with Crippen molar-refractivity contribution in [2.24, 2.45) is 0 Å². The van der Waals surface area contributed by atoms with E-state index in [1.807, 2.05) is 31.2 Å². The molecule has 0 bridgehead atoms. The fraction of sp³-hybridized carbons (Fsp3) is 0.412. The molecule has 0 unspecified atom stereocenters. The van der Waals surface area contributed by atoms with Crippen molar-refractivity contribution in [3.8, 4) is 17.0 Å². The number of carbonyl (C=O) groups excluding carboxylic acids is 1. The second-order valence-corrected chi connectivity index (χ2v) is 6.36. The Morgan fingerprint density at radius 2 is 2.00 bits per heavy atom. The number of aryl methyl sites for hydroxylation is 1. The molecule has 1 aromatic carbocycles. The summed E-state index contributed by atoms with van der Waals surface area (Å²) in [5.74, 6) is 0.865. The first-order valence-corrected chi connectivity index (χ1v) is 8.37. The molecule has 118 valence electrons. The average Bonchev–Trinajstić information content (AvgIpc) is 2.88. The van der Waals surface area contributed by atoms with E-state index in [2.05, 4.69) is 17.2 Å². The molecule has 0 atom stereocenters. The molecule has 2 aromatic rings. The van der Waals surface area contributed by atoms with Gasteiger partial charge >= 0.3 is 0 Å². The zero-order chi connectivity index (χ0) is 15.9. The predicted octanol–water partition coefficient (Wildman–Crippen LogP) is 4.65. The molecule has 4 nitrogen and oxygen atoms in total. The van der Waals surface area contributed by atoms with E-state index in [4.69, 9.17) is 4.74 Å². The number of hydrogen-bond donors (Lipinski definition) is 1. The van der Waals surface area contributed by atoms with Gasteiger partial charge in [0.15, 0.2) is 5.13 Å². The van der Waals surface area contributed by atoms with Gasteiger partial charge in [0, 0.05) is 16.9 Å². The summed E-state index contributed by atoms with van der Waals surface area (Å²) in [5, 5.41) is 3.57.